The SMILES string of the molecule is CC(C)CN(CC1CCCCC1)C1CC(C(=O)NC2CCC(N)CC2)N(C(=O)c2cccnc2)C1. The van der Waals surface area contributed by atoms with Crippen LogP contribution in [0.15, 0.2) is 24.5 Å². The van der Waals surface area contributed by atoms with E-state index in [-0.39, 0.29) is 29.9 Å². The van der Waals surface area contributed by atoms with E-state index in [0.29, 0.717) is 24.4 Å². The molecule has 3 aliphatic rings. The van der Waals surface area contributed by atoms with E-state index in [9.17, 15) is 9.59 Å². The summed E-state index contributed by atoms with van der Waals surface area (Å²) in [5, 5.41) is 3.28. The first-order chi connectivity index (χ1) is 16.9. The third kappa shape index (κ3) is 7.04. The zero-order chi connectivity index (χ0) is 24.8. The molecule has 4 rings (SSSR count). The molecule has 0 spiro atoms. The van der Waals surface area contributed by atoms with Gasteiger partial charge < -0.3 is 16.0 Å². The fourth-order valence-electron chi connectivity index (χ4n) is 6.31. The van der Waals surface area contributed by atoms with Crippen LogP contribution in [-0.2, 0) is 4.79 Å². The number of carbonyl (C=O) groups is 2. The summed E-state index contributed by atoms with van der Waals surface area (Å²) >= 11 is 0. The van der Waals surface area contributed by atoms with Crippen LogP contribution in [0.25, 0.3) is 0 Å². The van der Waals surface area contributed by atoms with Crippen LogP contribution in [0.4, 0.5) is 0 Å². The molecule has 1 aromatic rings. The lowest BCUT2D eigenvalue weighted by molar-refractivity contribution is -0.125. The van der Waals surface area contributed by atoms with Crippen molar-refractivity contribution in [2.75, 3.05) is 19.6 Å². The highest BCUT2D eigenvalue weighted by atomic mass is 16.2. The van der Waals surface area contributed by atoms with Crippen LogP contribution in [0.1, 0.15) is 88.4 Å². The Labute approximate surface area is 211 Å². The van der Waals surface area contributed by atoms with Gasteiger partial charge >= 0.3 is 0 Å². The molecular formula is C28H45N5O2. The quantitative estimate of drug-likeness (QED) is 0.590. The highest BCUT2D eigenvalue weighted by Gasteiger charge is 2.43. The summed E-state index contributed by atoms with van der Waals surface area (Å²) in [5.41, 5.74) is 6.62. The molecule has 1 aromatic heterocycles. The number of hydrogen-bond donors (Lipinski definition) is 2. The molecule has 2 heterocycles. The van der Waals surface area contributed by atoms with Gasteiger partial charge in [-0.3, -0.25) is 19.5 Å². The van der Waals surface area contributed by atoms with Gasteiger partial charge in [0.2, 0.25) is 5.91 Å². The largest absolute Gasteiger partial charge is 0.352 e. The number of pyridine rings is 1. The molecule has 7 heteroatoms. The molecule has 2 amide bonds. The normalized spacial score (nSPS) is 28.0. The van der Waals surface area contributed by atoms with Crippen molar-refractivity contribution >= 4 is 11.8 Å². The third-order valence-corrected chi connectivity index (χ3v) is 8.20. The molecule has 2 unspecified atom stereocenters. The van der Waals surface area contributed by atoms with Gasteiger partial charge in [-0.15, -0.1) is 0 Å². The molecule has 0 bridgehead atoms. The Morgan fingerprint density at radius 1 is 1.14 bits per heavy atom. The standard InChI is InChI=1S/C28H45N5O2/c1-20(2)17-32(18-21-7-4-3-5-8-21)25-15-26(27(34)31-24-12-10-23(29)11-13-24)33(19-25)28(35)22-9-6-14-30-16-22/h6,9,14,16,20-21,23-26H,3-5,7-8,10-13,15,17-19,29H2,1-2H3,(H,31,34). The van der Waals surface area contributed by atoms with Gasteiger partial charge in [0.15, 0.2) is 0 Å². The van der Waals surface area contributed by atoms with Crippen LogP contribution < -0.4 is 11.1 Å². The Morgan fingerprint density at radius 3 is 2.54 bits per heavy atom. The highest BCUT2D eigenvalue weighted by molar-refractivity contribution is 5.97. The zero-order valence-corrected chi connectivity index (χ0v) is 21.7. The summed E-state index contributed by atoms with van der Waals surface area (Å²) in [6.45, 7) is 7.21. The molecule has 35 heavy (non-hydrogen) atoms. The van der Waals surface area contributed by atoms with E-state index >= 15 is 0 Å². The van der Waals surface area contributed by atoms with Gasteiger partial charge in [0.1, 0.15) is 6.04 Å². The average Bonchev–Trinajstić information content (AvgIpc) is 3.31. The van der Waals surface area contributed by atoms with Crippen molar-refractivity contribution in [2.24, 2.45) is 17.6 Å². The number of nitrogens with two attached hydrogens (primary N) is 1. The predicted molar refractivity (Wildman–Crippen MR) is 139 cm³/mol. The number of nitrogens with one attached hydrogen (secondary N) is 1. The van der Waals surface area contributed by atoms with E-state index in [1.54, 1.807) is 24.5 Å². The molecule has 2 saturated carbocycles. The topological polar surface area (TPSA) is 91.6 Å². The lowest BCUT2D eigenvalue weighted by Gasteiger charge is -2.35. The number of hydrogen-bond acceptors (Lipinski definition) is 5. The van der Waals surface area contributed by atoms with Gasteiger partial charge in [-0.05, 0) is 68.9 Å². The van der Waals surface area contributed by atoms with Crippen molar-refractivity contribution in [1.82, 2.24) is 20.1 Å². The second kappa shape index (κ2) is 12.3. The molecule has 0 aromatic carbocycles. The Hall–Kier alpha value is -1.99. The van der Waals surface area contributed by atoms with E-state index < -0.39 is 6.04 Å². The number of likely N-dealkylation sites (tertiary alicyclic amines) is 1. The van der Waals surface area contributed by atoms with Gasteiger partial charge in [0.25, 0.3) is 5.91 Å². The first-order valence-corrected chi connectivity index (χ1v) is 13.9. The molecule has 1 saturated heterocycles. The summed E-state index contributed by atoms with van der Waals surface area (Å²) < 4.78 is 0. The fraction of sp³-hybridized carbons (Fsp3) is 0.750. The number of nitrogens with zero attached hydrogens (tertiary/aromatic N) is 3. The van der Waals surface area contributed by atoms with Crippen LogP contribution in [0.2, 0.25) is 0 Å². The first-order valence-electron chi connectivity index (χ1n) is 13.9. The third-order valence-electron chi connectivity index (χ3n) is 8.20. The van der Waals surface area contributed by atoms with Crippen molar-refractivity contribution in [3.8, 4) is 0 Å². The summed E-state index contributed by atoms with van der Waals surface area (Å²) in [7, 11) is 0. The van der Waals surface area contributed by atoms with Crippen molar-refractivity contribution in [1.29, 1.82) is 0 Å². The van der Waals surface area contributed by atoms with Gasteiger partial charge in [-0.25, -0.2) is 0 Å². The minimum Gasteiger partial charge on any atom is -0.352 e. The Bertz CT molecular complexity index is 818. The lowest BCUT2D eigenvalue weighted by atomic mass is 9.88. The molecular weight excluding hydrogens is 438 g/mol. The van der Waals surface area contributed by atoms with E-state index in [2.05, 4.69) is 29.0 Å². The second-order valence-corrected chi connectivity index (χ2v) is 11.6. The number of rotatable bonds is 8. The first kappa shape index (κ1) is 26.1. The summed E-state index contributed by atoms with van der Waals surface area (Å²) in [4.78, 5) is 35.7. The zero-order valence-electron chi connectivity index (χ0n) is 21.7. The van der Waals surface area contributed by atoms with Gasteiger partial charge in [0, 0.05) is 50.2 Å². The maximum Gasteiger partial charge on any atom is 0.256 e. The van der Waals surface area contributed by atoms with Crippen LogP contribution in [0.3, 0.4) is 0 Å². The predicted octanol–water partition coefficient (Wildman–Crippen LogP) is 3.59. The van der Waals surface area contributed by atoms with Gasteiger partial charge in [-0.2, -0.15) is 0 Å². The van der Waals surface area contributed by atoms with E-state index in [4.69, 9.17) is 5.73 Å². The Kier molecular flexibility index (Phi) is 9.17. The number of amides is 2. The average molecular weight is 484 g/mol. The molecule has 2 atom stereocenters. The minimum absolute atomic E-state index is 0.00706. The number of carbonyl (C=O) groups excluding carboxylic acids is 2. The Balaban J connectivity index is 1.51. The molecule has 1 aliphatic heterocycles. The van der Waals surface area contributed by atoms with Gasteiger partial charge in [-0.1, -0.05) is 33.1 Å². The fourth-order valence-corrected chi connectivity index (χ4v) is 6.31. The maximum atomic E-state index is 13.6. The van der Waals surface area contributed by atoms with Gasteiger partial charge in [0.05, 0.1) is 5.56 Å². The van der Waals surface area contributed by atoms with E-state index in [1.807, 2.05) is 4.90 Å². The smallest absolute Gasteiger partial charge is 0.256 e. The van der Waals surface area contributed by atoms with Crippen molar-refractivity contribution in [2.45, 2.75) is 102 Å². The van der Waals surface area contributed by atoms with Crippen LogP contribution >= 0.6 is 0 Å². The van der Waals surface area contributed by atoms with Crippen molar-refractivity contribution in [3.05, 3.63) is 30.1 Å². The second-order valence-electron chi connectivity index (χ2n) is 11.6. The Morgan fingerprint density at radius 2 is 1.89 bits per heavy atom. The maximum absolute atomic E-state index is 13.6. The van der Waals surface area contributed by atoms with Crippen molar-refractivity contribution in [3.63, 3.8) is 0 Å². The summed E-state index contributed by atoms with van der Waals surface area (Å²) in [6, 6.07) is 3.75. The molecule has 3 fully saturated rings. The van der Waals surface area contributed by atoms with Crippen LogP contribution in [0.5, 0.6) is 0 Å². The molecule has 3 N–H and O–H groups in total. The van der Waals surface area contributed by atoms with E-state index in [0.717, 1.165) is 44.7 Å². The van der Waals surface area contributed by atoms with Crippen molar-refractivity contribution < 1.29 is 9.59 Å². The monoisotopic (exact) mass is 483 g/mol. The molecule has 0 radical (unpaired) electrons. The number of aromatic nitrogens is 1. The highest BCUT2D eigenvalue weighted by Crippen LogP contribution is 2.30. The molecule has 2 aliphatic carbocycles. The van der Waals surface area contributed by atoms with Crippen LogP contribution in [-0.4, -0.2) is 70.4 Å². The van der Waals surface area contributed by atoms with Crippen LogP contribution in [0, 0.1) is 11.8 Å². The van der Waals surface area contributed by atoms with E-state index in [1.165, 1.54) is 32.1 Å². The molecule has 194 valence electrons. The minimum atomic E-state index is -0.440. The molecule has 7 nitrogen and oxygen atoms in total. The summed E-state index contributed by atoms with van der Waals surface area (Å²) in [5.74, 6) is 1.17. The summed E-state index contributed by atoms with van der Waals surface area (Å²) in [6.07, 6.45) is 14.3. The lowest BCUT2D eigenvalue weighted by Crippen LogP contribution is -2.50.